The summed E-state index contributed by atoms with van der Waals surface area (Å²) >= 11 is 0. The lowest BCUT2D eigenvalue weighted by Gasteiger charge is -2.22. The maximum absolute atomic E-state index is 5.09. The predicted molar refractivity (Wildman–Crippen MR) is 196 cm³/mol. The van der Waals surface area contributed by atoms with Crippen molar-refractivity contribution in [1.82, 2.24) is 9.97 Å². The molecule has 0 aliphatic heterocycles. The molecule has 1 aromatic heterocycles. The summed E-state index contributed by atoms with van der Waals surface area (Å²) in [5, 5.41) is 4.99. The minimum Gasteiger partial charge on any atom is -0.228 e. The zero-order chi connectivity index (χ0) is 31.5. The van der Waals surface area contributed by atoms with Gasteiger partial charge in [0.15, 0.2) is 5.82 Å². The van der Waals surface area contributed by atoms with Crippen LogP contribution in [0.4, 0.5) is 0 Å². The summed E-state index contributed by atoms with van der Waals surface area (Å²) in [7, 11) is 0. The van der Waals surface area contributed by atoms with Crippen LogP contribution in [0.3, 0.4) is 0 Å². The zero-order valence-corrected chi connectivity index (χ0v) is 26.4. The van der Waals surface area contributed by atoms with E-state index in [-0.39, 0.29) is 5.41 Å². The number of hydrogen-bond donors (Lipinski definition) is 0. The summed E-state index contributed by atoms with van der Waals surface area (Å²) < 4.78 is 0. The third-order valence-electron chi connectivity index (χ3n) is 9.86. The van der Waals surface area contributed by atoms with Crippen LogP contribution in [-0.2, 0) is 5.41 Å². The second-order valence-electron chi connectivity index (χ2n) is 13.1. The van der Waals surface area contributed by atoms with Crippen LogP contribution in [0.15, 0.2) is 158 Å². The van der Waals surface area contributed by atoms with E-state index < -0.39 is 0 Å². The van der Waals surface area contributed by atoms with Crippen molar-refractivity contribution in [2.24, 2.45) is 0 Å². The average Bonchev–Trinajstić information content (AvgIpc) is 3.36. The molecule has 0 spiro atoms. The van der Waals surface area contributed by atoms with E-state index in [1.165, 1.54) is 54.9 Å². The quantitative estimate of drug-likeness (QED) is 0.201. The fraction of sp³-hybridized carbons (Fsp3) is 0.0667. The Balaban J connectivity index is 1.16. The molecular weight excluding hydrogens is 569 g/mol. The first-order valence-electron chi connectivity index (χ1n) is 16.2. The number of rotatable bonds is 4. The molecule has 9 rings (SSSR count). The van der Waals surface area contributed by atoms with Gasteiger partial charge < -0.3 is 0 Å². The Morgan fingerprint density at radius 2 is 0.979 bits per heavy atom. The lowest BCUT2D eigenvalue weighted by molar-refractivity contribution is 0.661. The molecule has 7 aromatic carbocycles. The Kier molecular flexibility index (Phi) is 6.20. The molecular formula is C45H32N2. The van der Waals surface area contributed by atoms with Gasteiger partial charge in [0.2, 0.25) is 0 Å². The highest BCUT2D eigenvalue weighted by molar-refractivity contribution is 5.98. The molecule has 2 nitrogen and oxygen atoms in total. The number of benzene rings is 7. The summed E-state index contributed by atoms with van der Waals surface area (Å²) in [6, 6.07) is 56.5. The lowest BCUT2D eigenvalue weighted by Crippen LogP contribution is -2.14. The topological polar surface area (TPSA) is 25.8 Å². The van der Waals surface area contributed by atoms with Crippen LogP contribution >= 0.6 is 0 Å². The first-order valence-corrected chi connectivity index (χ1v) is 16.2. The van der Waals surface area contributed by atoms with Crippen molar-refractivity contribution in [3.05, 3.63) is 169 Å². The van der Waals surface area contributed by atoms with E-state index in [2.05, 4.69) is 153 Å². The lowest BCUT2D eigenvalue weighted by atomic mass is 9.81. The Bertz CT molecular complexity index is 2470. The third kappa shape index (κ3) is 4.56. The van der Waals surface area contributed by atoms with E-state index in [9.17, 15) is 0 Å². The molecule has 0 saturated heterocycles. The average molecular weight is 601 g/mol. The van der Waals surface area contributed by atoms with Gasteiger partial charge in [0.05, 0.1) is 11.4 Å². The van der Waals surface area contributed by atoms with Crippen LogP contribution < -0.4 is 0 Å². The normalized spacial score (nSPS) is 13.1. The first kappa shape index (κ1) is 27.5. The Morgan fingerprint density at radius 1 is 0.383 bits per heavy atom. The molecule has 0 radical (unpaired) electrons. The highest BCUT2D eigenvalue weighted by atomic mass is 14.9. The molecule has 0 amide bonds. The van der Waals surface area contributed by atoms with Gasteiger partial charge >= 0.3 is 0 Å². The number of nitrogens with zero attached hydrogens (tertiary/aromatic N) is 2. The summed E-state index contributed by atoms with van der Waals surface area (Å²) in [5.41, 5.74) is 12.8. The van der Waals surface area contributed by atoms with Crippen LogP contribution in [0.1, 0.15) is 25.0 Å². The van der Waals surface area contributed by atoms with Crippen LogP contribution in [-0.4, -0.2) is 9.97 Å². The van der Waals surface area contributed by atoms with Gasteiger partial charge in [-0.3, -0.25) is 0 Å². The van der Waals surface area contributed by atoms with Gasteiger partial charge in [-0.15, -0.1) is 0 Å². The van der Waals surface area contributed by atoms with Crippen molar-refractivity contribution in [3.8, 4) is 56.2 Å². The van der Waals surface area contributed by atoms with Crippen molar-refractivity contribution < 1.29 is 0 Å². The largest absolute Gasteiger partial charge is 0.228 e. The smallest absolute Gasteiger partial charge is 0.160 e. The van der Waals surface area contributed by atoms with Crippen LogP contribution in [0.25, 0.3) is 77.7 Å². The van der Waals surface area contributed by atoms with Crippen LogP contribution in [0, 0.1) is 0 Å². The monoisotopic (exact) mass is 600 g/mol. The van der Waals surface area contributed by atoms with E-state index in [1.54, 1.807) is 0 Å². The molecule has 2 heteroatoms. The number of hydrogen-bond acceptors (Lipinski definition) is 2. The van der Waals surface area contributed by atoms with Crippen molar-refractivity contribution >= 4 is 21.5 Å². The molecule has 8 aromatic rings. The highest BCUT2D eigenvalue weighted by Crippen LogP contribution is 2.53. The molecule has 222 valence electrons. The van der Waals surface area contributed by atoms with Gasteiger partial charge in [-0.05, 0) is 79.2 Å². The third-order valence-corrected chi connectivity index (χ3v) is 9.86. The van der Waals surface area contributed by atoms with Gasteiger partial charge in [-0.1, -0.05) is 147 Å². The van der Waals surface area contributed by atoms with Gasteiger partial charge in [0, 0.05) is 22.1 Å². The van der Waals surface area contributed by atoms with E-state index in [0.29, 0.717) is 0 Å². The zero-order valence-electron chi connectivity index (χ0n) is 26.4. The van der Waals surface area contributed by atoms with Gasteiger partial charge in [-0.2, -0.15) is 0 Å². The standard InChI is InChI=1S/C45H32N2/c1-45(2)39-18-10-17-37(43(39)38-26-34-15-8-9-16-35(34)27-40(38)45)30-20-22-31(23-21-30)41-28-42(47-44(46-41)32-12-4-3-5-13-32)36-24-19-29-11-6-7-14-33(29)25-36/h3-28H,1-2H3. The molecule has 0 fully saturated rings. The second-order valence-corrected chi connectivity index (χ2v) is 13.1. The first-order chi connectivity index (χ1) is 23.0. The SMILES string of the molecule is CC1(C)c2cc3ccccc3cc2-c2c(-c3ccc(-c4cc(-c5ccc6ccccc6c5)nc(-c5ccccc5)n4)cc3)cccc21. The summed E-state index contributed by atoms with van der Waals surface area (Å²) in [6.07, 6.45) is 0. The van der Waals surface area contributed by atoms with Gasteiger partial charge in [0.1, 0.15) is 0 Å². The molecule has 47 heavy (non-hydrogen) atoms. The second kappa shape index (κ2) is 10.6. The number of aromatic nitrogens is 2. The van der Waals surface area contributed by atoms with Crippen LogP contribution in [0.5, 0.6) is 0 Å². The molecule has 0 bridgehead atoms. The molecule has 0 saturated carbocycles. The summed E-state index contributed by atoms with van der Waals surface area (Å²) in [4.78, 5) is 10.1. The Labute approximate surface area is 275 Å². The van der Waals surface area contributed by atoms with Crippen molar-refractivity contribution in [1.29, 1.82) is 0 Å². The van der Waals surface area contributed by atoms with E-state index in [4.69, 9.17) is 9.97 Å². The minimum absolute atomic E-state index is 0.0708. The molecule has 0 unspecified atom stereocenters. The molecule has 0 atom stereocenters. The Morgan fingerprint density at radius 3 is 1.72 bits per heavy atom. The Hall–Kier alpha value is -5.86. The van der Waals surface area contributed by atoms with Crippen molar-refractivity contribution in [3.63, 3.8) is 0 Å². The van der Waals surface area contributed by atoms with E-state index in [1.807, 2.05) is 18.2 Å². The fourth-order valence-corrected chi connectivity index (χ4v) is 7.34. The maximum Gasteiger partial charge on any atom is 0.160 e. The summed E-state index contributed by atoms with van der Waals surface area (Å²) in [6.45, 7) is 4.71. The fourth-order valence-electron chi connectivity index (χ4n) is 7.34. The highest BCUT2D eigenvalue weighted by Gasteiger charge is 2.37. The van der Waals surface area contributed by atoms with Gasteiger partial charge in [0.25, 0.3) is 0 Å². The maximum atomic E-state index is 5.09. The van der Waals surface area contributed by atoms with E-state index in [0.717, 1.165) is 33.9 Å². The molecule has 1 heterocycles. The molecule has 1 aliphatic rings. The van der Waals surface area contributed by atoms with Crippen molar-refractivity contribution in [2.45, 2.75) is 19.3 Å². The van der Waals surface area contributed by atoms with Gasteiger partial charge in [-0.25, -0.2) is 9.97 Å². The molecule has 0 N–H and O–H groups in total. The van der Waals surface area contributed by atoms with E-state index >= 15 is 0 Å². The minimum atomic E-state index is -0.0708. The van der Waals surface area contributed by atoms with Crippen molar-refractivity contribution in [2.75, 3.05) is 0 Å². The molecule has 1 aliphatic carbocycles. The summed E-state index contributed by atoms with van der Waals surface area (Å²) in [5.74, 6) is 0.724. The van der Waals surface area contributed by atoms with Crippen LogP contribution in [0.2, 0.25) is 0 Å². The predicted octanol–water partition coefficient (Wildman–Crippen LogP) is 11.8. The number of fused-ring (bicyclic) bond motifs is 5.